The average Bonchev–Trinajstić information content (AvgIpc) is 3.11. The van der Waals surface area contributed by atoms with Crippen LogP contribution in [-0.4, -0.2) is 25.1 Å². The van der Waals surface area contributed by atoms with Crippen LogP contribution in [0.2, 0.25) is 0 Å². The molecule has 0 unspecified atom stereocenters. The Morgan fingerprint density at radius 2 is 1.96 bits per heavy atom. The lowest BCUT2D eigenvalue weighted by Crippen LogP contribution is -2.02. The van der Waals surface area contributed by atoms with Crippen molar-refractivity contribution in [3.8, 4) is 22.8 Å². The zero-order valence-corrected chi connectivity index (χ0v) is 12.6. The number of hydrogen-bond donors (Lipinski definition) is 2. The van der Waals surface area contributed by atoms with Crippen LogP contribution in [-0.2, 0) is 0 Å². The summed E-state index contributed by atoms with van der Waals surface area (Å²) >= 11 is 0. The number of aromatic hydroxyl groups is 1. The molecule has 0 saturated heterocycles. The summed E-state index contributed by atoms with van der Waals surface area (Å²) < 4.78 is 28.4. The lowest BCUT2D eigenvalue weighted by atomic mass is 10.1. The fourth-order valence-electron chi connectivity index (χ4n) is 2.75. The second-order valence-corrected chi connectivity index (χ2v) is 5.47. The van der Waals surface area contributed by atoms with E-state index >= 15 is 0 Å². The smallest absolute Gasteiger partial charge is 0.196 e. The molecule has 0 saturated carbocycles. The second-order valence-electron chi connectivity index (χ2n) is 5.47. The minimum Gasteiger partial charge on any atom is -0.494 e. The Morgan fingerprint density at radius 3 is 2.75 bits per heavy atom. The van der Waals surface area contributed by atoms with Crippen LogP contribution in [0.25, 0.3) is 27.7 Å². The molecule has 24 heavy (non-hydrogen) atoms. The van der Waals surface area contributed by atoms with Crippen molar-refractivity contribution in [1.29, 1.82) is 0 Å². The molecule has 0 aliphatic carbocycles. The third-order valence-corrected chi connectivity index (χ3v) is 3.98. The Balaban J connectivity index is 1.83. The maximum atomic E-state index is 14.0. The molecule has 2 heterocycles. The molecule has 0 fully saturated rings. The SMILES string of the molecule is Cc1c(-c2ccc3c(O)[nH]cc3c2)nnn1-c1ccc(F)cc1F. The lowest BCUT2D eigenvalue weighted by Gasteiger charge is -2.05. The molecule has 0 atom stereocenters. The van der Waals surface area contributed by atoms with Gasteiger partial charge in [-0.1, -0.05) is 11.3 Å². The van der Waals surface area contributed by atoms with Gasteiger partial charge >= 0.3 is 0 Å². The molecule has 2 N–H and O–H groups in total. The van der Waals surface area contributed by atoms with E-state index in [0.717, 1.165) is 17.0 Å². The predicted octanol–water partition coefficient (Wildman–Crippen LogP) is 3.71. The summed E-state index contributed by atoms with van der Waals surface area (Å²) in [6.45, 7) is 1.76. The first-order valence-electron chi connectivity index (χ1n) is 7.23. The van der Waals surface area contributed by atoms with Crippen LogP contribution in [0.1, 0.15) is 5.69 Å². The number of aromatic amines is 1. The minimum atomic E-state index is -0.708. The first-order chi connectivity index (χ1) is 11.5. The predicted molar refractivity (Wildman–Crippen MR) is 85.0 cm³/mol. The number of halogens is 2. The van der Waals surface area contributed by atoms with E-state index in [1.165, 1.54) is 16.8 Å². The Morgan fingerprint density at radius 1 is 1.12 bits per heavy atom. The molecule has 2 aromatic heterocycles. The number of nitrogens with one attached hydrogen (secondary N) is 1. The quantitative estimate of drug-likeness (QED) is 0.590. The number of fused-ring (bicyclic) bond motifs is 1. The van der Waals surface area contributed by atoms with Crippen LogP contribution in [0.5, 0.6) is 5.88 Å². The summed E-state index contributed by atoms with van der Waals surface area (Å²) in [7, 11) is 0. The van der Waals surface area contributed by atoms with Crippen molar-refractivity contribution in [2.75, 3.05) is 0 Å². The number of hydrogen-bond acceptors (Lipinski definition) is 3. The molecular formula is C17H12F2N4O. The van der Waals surface area contributed by atoms with Crippen molar-refractivity contribution in [2.24, 2.45) is 0 Å². The molecule has 5 nitrogen and oxygen atoms in total. The zero-order chi connectivity index (χ0) is 16.8. The largest absolute Gasteiger partial charge is 0.494 e. The topological polar surface area (TPSA) is 66.7 Å². The molecule has 7 heteroatoms. The van der Waals surface area contributed by atoms with Crippen molar-refractivity contribution in [1.82, 2.24) is 20.0 Å². The van der Waals surface area contributed by atoms with Crippen molar-refractivity contribution in [3.05, 3.63) is 59.9 Å². The Bertz CT molecular complexity index is 1070. The number of rotatable bonds is 2. The lowest BCUT2D eigenvalue weighted by molar-refractivity contribution is 0.462. The normalized spacial score (nSPS) is 11.3. The number of nitrogens with zero attached hydrogens (tertiary/aromatic N) is 3. The van der Waals surface area contributed by atoms with Crippen LogP contribution in [0.3, 0.4) is 0 Å². The molecule has 4 aromatic rings. The number of benzene rings is 2. The van der Waals surface area contributed by atoms with E-state index in [2.05, 4.69) is 15.3 Å². The van der Waals surface area contributed by atoms with E-state index in [4.69, 9.17) is 0 Å². The van der Waals surface area contributed by atoms with Gasteiger partial charge in [-0.25, -0.2) is 13.5 Å². The van der Waals surface area contributed by atoms with Gasteiger partial charge in [0.2, 0.25) is 0 Å². The first kappa shape index (κ1) is 14.4. The zero-order valence-electron chi connectivity index (χ0n) is 12.6. The van der Waals surface area contributed by atoms with Gasteiger partial charge in [0, 0.05) is 28.6 Å². The standard InChI is InChI=1S/C17H12F2N4O/c1-9-16(10-2-4-13-11(6-10)8-20-17(13)24)21-22-23(9)15-5-3-12(18)7-14(15)19/h2-8,20,24H,1H3. The maximum absolute atomic E-state index is 14.0. The van der Waals surface area contributed by atoms with Crippen molar-refractivity contribution in [2.45, 2.75) is 6.92 Å². The van der Waals surface area contributed by atoms with Gasteiger partial charge < -0.3 is 10.1 Å². The van der Waals surface area contributed by atoms with Crippen LogP contribution in [0, 0.1) is 18.6 Å². The van der Waals surface area contributed by atoms with E-state index in [1.54, 1.807) is 25.3 Å². The van der Waals surface area contributed by atoms with Crippen LogP contribution in [0.4, 0.5) is 8.78 Å². The highest BCUT2D eigenvalue weighted by molar-refractivity contribution is 5.90. The van der Waals surface area contributed by atoms with Crippen LogP contribution < -0.4 is 0 Å². The molecule has 0 amide bonds. The van der Waals surface area contributed by atoms with Crippen LogP contribution >= 0.6 is 0 Å². The van der Waals surface area contributed by atoms with E-state index < -0.39 is 11.6 Å². The Kier molecular flexibility index (Phi) is 3.09. The molecule has 0 radical (unpaired) electrons. The maximum Gasteiger partial charge on any atom is 0.196 e. The van der Waals surface area contributed by atoms with Gasteiger partial charge in [-0.2, -0.15) is 0 Å². The van der Waals surface area contributed by atoms with Crippen LogP contribution in [0.15, 0.2) is 42.6 Å². The minimum absolute atomic E-state index is 0.102. The second kappa shape index (κ2) is 5.16. The van der Waals surface area contributed by atoms with Gasteiger partial charge in [0.05, 0.1) is 5.69 Å². The Hall–Kier alpha value is -3.22. The average molecular weight is 326 g/mol. The van der Waals surface area contributed by atoms with Gasteiger partial charge in [-0.05, 0) is 31.2 Å². The summed E-state index contributed by atoms with van der Waals surface area (Å²) in [6.07, 6.45) is 1.69. The number of H-pyrrole nitrogens is 1. The van der Waals surface area contributed by atoms with E-state index in [-0.39, 0.29) is 11.6 Å². The Labute approximate surface area is 135 Å². The fraction of sp³-hybridized carbons (Fsp3) is 0.0588. The summed E-state index contributed by atoms with van der Waals surface area (Å²) in [5.41, 5.74) is 2.13. The third kappa shape index (κ3) is 2.13. The highest BCUT2D eigenvalue weighted by Gasteiger charge is 2.16. The molecule has 0 aliphatic rings. The summed E-state index contributed by atoms with van der Waals surface area (Å²) in [4.78, 5) is 2.74. The fourth-order valence-corrected chi connectivity index (χ4v) is 2.75. The molecule has 4 rings (SSSR count). The molecule has 0 aliphatic heterocycles. The van der Waals surface area contributed by atoms with Crippen molar-refractivity contribution in [3.63, 3.8) is 0 Å². The number of aromatic nitrogens is 4. The summed E-state index contributed by atoms with van der Waals surface area (Å²) in [5.74, 6) is -1.25. The van der Waals surface area contributed by atoms with Crippen molar-refractivity contribution >= 4 is 10.8 Å². The van der Waals surface area contributed by atoms with Gasteiger partial charge in [0.15, 0.2) is 11.7 Å². The molecule has 120 valence electrons. The van der Waals surface area contributed by atoms with Gasteiger partial charge in [0.1, 0.15) is 17.2 Å². The highest BCUT2D eigenvalue weighted by Crippen LogP contribution is 2.30. The first-order valence-corrected chi connectivity index (χ1v) is 7.23. The van der Waals surface area contributed by atoms with Gasteiger partial charge in [0.25, 0.3) is 0 Å². The molecule has 0 bridgehead atoms. The molecule has 0 spiro atoms. The van der Waals surface area contributed by atoms with Gasteiger partial charge in [-0.3, -0.25) is 0 Å². The highest BCUT2D eigenvalue weighted by atomic mass is 19.1. The molecular weight excluding hydrogens is 314 g/mol. The summed E-state index contributed by atoms with van der Waals surface area (Å²) in [5, 5.41) is 19.3. The van der Waals surface area contributed by atoms with E-state index in [0.29, 0.717) is 16.8 Å². The van der Waals surface area contributed by atoms with Gasteiger partial charge in [-0.15, -0.1) is 5.10 Å². The molecule has 2 aromatic carbocycles. The monoisotopic (exact) mass is 326 g/mol. The third-order valence-electron chi connectivity index (χ3n) is 3.98. The van der Waals surface area contributed by atoms with E-state index in [1.807, 2.05) is 6.07 Å². The summed E-state index contributed by atoms with van der Waals surface area (Å²) in [6, 6.07) is 8.74. The van der Waals surface area contributed by atoms with E-state index in [9.17, 15) is 13.9 Å². The van der Waals surface area contributed by atoms with Crippen molar-refractivity contribution < 1.29 is 13.9 Å².